The van der Waals surface area contributed by atoms with Crippen LogP contribution < -0.4 is 5.73 Å². The normalized spacial score (nSPS) is 19.0. The van der Waals surface area contributed by atoms with E-state index in [4.69, 9.17) is 5.73 Å². The summed E-state index contributed by atoms with van der Waals surface area (Å²) in [6.07, 6.45) is 6.23. The Hall–Kier alpha value is -0.670. The van der Waals surface area contributed by atoms with E-state index in [0.29, 0.717) is 17.6 Å². The summed E-state index contributed by atoms with van der Waals surface area (Å²) in [6.45, 7) is 4.46. The van der Waals surface area contributed by atoms with Crippen molar-refractivity contribution >= 4 is 10.8 Å². The molecular weight excluding hydrogens is 278 g/mol. The molecule has 3 heteroatoms. The van der Waals surface area contributed by atoms with Crippen molar-refractivity contribution in [1.82, 2.24) is 0 Å². The zero-order valence-corrected chi connectivity index (χ0v) is 14.2. The highest BCUT2D eigenvalue weighted by Gasteiger charge is 2.19. The van der Waals surface area contributed by atoms with Gasteiger partial charge in [-0.3, -0.25) is 4.21 Å². The van der Waals surface area contributed by atoms with Crippen molar-refractivity contribution < 1.29 is 4.21 Å². The van der Waals surface area contributed by atoms with Crippen LogP contribution in [0.1, 0.15) is 56.7 Å². The summed E-state index contributed by atoms with van der Waals surface area (Å²) < 4.78 is 12.2. The Balaban J connectivity index is 1.84. The fourth-order valence-corrected chi connectivity index (χ4v) is 4.76. The third-order valence-corrected chi connectivity index (χ3v) is 5.89. The lowest BCUT2D eigenvalue weighted by atomic mass is 10.0. The van der Waals surface area contributed by atoms with Crippen LogP contribution in [-0.4, -0.2) is 15.7 Å². The molecule has 0 saturated heterocycles. The topological polar surface area (TPSA) is 43.1 Å². The largest absolute Gasteiger partial charge is 0.323 e. The molecule has 1 fully saturated rings. The Morgan fingerprint density at radius 1 is 1.19 bits per heavy atom. The molecular formula is C18H29NOS. The van der Waals surface area contributed by atoms with Crippen molar-refractivity contribution in [3.8, 4) is 0 Å². The highest BCUT2D eigenvalue weighted by Crippen LogP contribution is 2.26. The molecule has 1 aliphatic carbocycles. The molecule has 0 aliphatic heterocycles. The van der Waals surface area contributed by atoms with E-state index in [9.17, 15) is 4.21 Å². The van der Waals surface area contributed by atoms with Crippen LogP contribution >= 0.6 is 0 Å². The Morgan fingerprint density at radius 3 is 2.38 bits per heavy atom. The van der Waals surface area contributed by atoms with Gasteiger partial charge in [0.1, 0.15) is 0 Å². The van der Waals surface area contributed by atoms with E-state index in [2.05, 4.69) is 38.1 Å². The predicted octanol–water partition coefficient (Wildman–Crippen LogP) is 3.82. The van der Waals surface area contributed by atoms with Crippen molar-refractivity contribution in [3.05, 3.63) is 35.4 Å². The van der Waals surface area contributed by atoms with Gasteiger partial charge in [-0.15, -0.1) is 0 Å². The minimum atomic E-state index is -0.780. The second kappa shape index (κ2) is 8.09. The molecule has 1 saturated carbocycles. The molecule has 2 rings (SSSR count). The maximum Gasteiger partial charge on any atom is 0.0428 e. The van der Waals surface area contributed by atoms with Crippen LogP contribution in [0.15, 0.2) is 24.3 Å². The molecule has 2 unspecified atom stereocenters. The lowest BCUT2D eigenvalue weighted by molar-refractivity contribution is 0.602. The lowest BCUT2D eigenvalue weighted by Crippen LogP contribution is -2.21. The molecule has 118 valence electrons. The highest BCUT2D eigenvalue weighted by molar-refractivity contribution is 7.85. The number of nitrogens with two attached hydrogens (primary N) is 1. The average molecular weight is 308 g/mol. The summed E-state index contributed by atoms with van der Waals surface area (Å²) in [5.74, 6) is 2.79. The maximum atomic E-state index is 12.2. The molecule has 1 aromatic carbocycles. The van der Waals surface area contributed by atoms with E-state index in [1.54, 1.807) is 0 Å². The van der Waals surface area contributed by atoms with Crippen LogP contribution in [-0.2, 0) is 17.2 Å². The summed E-state index contributed by atoms with van der Waals surface area (Å²) >= 11 is 0. The van der Waals surface area contributed by atoms with Crippen molar-refractivity contribution in [3.63, 3.8) is 0 Å². The van der Waals surface area contributed by atoms with Crippen molar-refractivity contribution in [1.29, 1.82) is 0 Å². The van der Waals surface area contributed by atoms with Gasteiger partial charge in [0.05, 0.1) is 0 Å². The molecule has 0 bridgehead atoms. The summed E-state index contributed by atoms with van der Waals surface area (Å²) in [4.78, 5) is 0. The number of hydrogen-bond acceptors (Lipinski definition) is 2. The van der Waals surface area contributed by atoms with Crippen molar-refractivity contribution in [2.24, 2.45) is 17.6 Å². The van der Waals surface area contributed by atoms with Gasteiger partial charge < -0.3 is 5.73 Å². The van der Waals surface area contributed by atoms with Crippen LogP contribution in [0, 0.1) is 11.8 Å². The second-order valence-corrected chi connectivity index (χ2v) is 8.42. The molecule has 1 aromatic rings. The summed E-state index contributed by atoms with van der Waals surface area (Å²) in [5, 5.41) is 0. The van der Waals surface area contributed by atoms with Crippen LogP contribution in [0.3, 0.4) is 0 Å². The van der Waals surface area contributed by atoms with E-state index < -0.39 is 10.8 Å². The van der Waals surface area contributed by atoms with Crippen LogP contribution in [0.5, 0.6) is 0 Å². The fraction of sp³-hybridized carbons (Fsp3) is 0.667. The first-order chi connectivity index (χ1) is 10.0. The quantitative estimate of drug-likeness (QED) is 0.832. The number of benzene rings is 1. The van der Waals surface area contributed by atoms with E-state index in [-0.39, 0.29) is 6.04 Å². The first-order valence-corrected chi connectivity index (χ1v) is 9.72. The van der Waals surface area contributed by atoms with Gasteiger partial charge in [0.25, 0.3) is 0 Å². The molecule has 0 aromatic heterocycles. The molecule has 0 amide bonds. The Bertz CT molecular complexity index is 449. The SMILES string of the molecule is CC(C)Cc1ccc(C(N)CS(=O)CC2CCCC2)cc1. The van der Waals surface area contributed by atoms with Gasteiger partial charge in [0.15, 0.2) is 0 Å². The zero-order chi connectivity index (χ0) is 15.2. The zero-order valence-electron chi connectivity index (χ0n) is 13.4. The van der Waals surface area contributed by atoms with E-state index in [1.165, 1.54) is 31.2 Å². The monoisotopic (exact) mass is 307 g/mol. The molecule has 0 heterocycles. The molecule has 2 N–H and O–H groups in total. The molecule has 2 nitrogen and oxygen atoms in total. The fourth-order valence-electron chi connectivity index (χ4n) is 3.18. The first-order valence-electron chi connectivity index (χ1n) is 8.24. The van der Waals surface area contributed by atoms with Gasteiger partial charge in [0, 0.05) is 28.3 Å². The average Bonchev–Trinajstić information content (AvgIpc) is 2.91. The molecule has 0 radical (unpaired) electrons. The van der Waals surface area contributed by atoms with Gasteiger partial charge in [-0.1, -0.05) is 51.0 Å². The Kier molecular flexibility index (Phi) is 6.43. The van der Waals surface area contributed by atoms with Gasteiger partial charge in [-0.25, -0.2) is 0 Å². The lowest BCUT2D eigenvalue weighted by Gasteiger charge is -2.15. The molecule has 21 heavy (non-hydrogen) atoms. The predicted molar refractivity (Wildman–Crippen MR) is 91.7 cm³/mol. The van der Waals surface area contributed by atoms with Crippen molar-refractivity contribution in [2.45, 2.75) is 52.0 Å². The third kappa shape index (κ3) is 5.55. The van der Waals surface area contributed by atoms with E-state index in [0.717, 1.165) is 17.7 Å². The van der Waals surface area contributed by atoms with Crippen LogP contribution in [0.2, 0.25) is 0 Å². The van der Waals surface area contributed by atoms with Crippen LogP contribution in [0.25, 0.3) is 0 Å². The third-order valence-electron chi connectivity index (χ3n) is 4.31. The van der Waals surface area contributed by atoms with E-state index in [1.807, 2.05) is 0 Å². The first kappa shape index (κ1) is 16.7. The van der Waals surface area contributed by atoms with Gasteiger partial charge in [-0.05, 0) is 42.2 Å². The van der Waals surface area contributed by atoms with E-state index >= 15 is 0 Å². The second-order valence-electron chi connectivity index (χ2n) is 6.87. The van der Waals surface area contributed by atoms with Crippen LogP contribution in [0.4, 0.5) is 0 Å². The number of rotatable bonds is 7. The molecule has 2 atom stereocenters. The minimum absolute atomic E-state index is 0.0969. The summed E-state index contributed by atoms with van der Waals surface area (Å²) in [6, 6.07) is 8.44. The standard InChI is InChI=1S/C18H29NOS/c1-14(2)11-15-7-9-17(10-8-15)18(19)13-21(20)12-16-5-3-4-6-16/h7-10,14,16,18H,3-6,11-13,19H2,1-2H3. The Morgan fingerprint density at radius 2 is 1.81 bits per heavy atom. The smallest absolute Gasteiger partial charge is 0.0428 e. The molecule has 0 spiro atoms. The summed E-state index contributed by atoms with van der Waals surface area (Å²) in [7, 11) is -0.780. The highest BCUT2D eigenvalue weighted by atomic mass is 32.2. The minimum Gasteiger partial charge on any atom is -0.323 e. The van der Waals surface area contributed by atoms with Gasteiger partial charge in [-0.2, -0.15) is 0 Å². The van der Waals surface area contributed by atoms with Crippen molar-refractivity contribution in [2.75, 3.05) is 11.5 Å². The van der Waals surface area contributed by atoms with Gasteiger partial charge in [0.2, 0.25) is 0 Å². The molecule has 1 aliphatic rings. The Labute approximate surface area is 132 Å². The maximum absolute atomic E-state index is 12.2. The van der Waals surface area contributed by atoms with Gasteiger partial charge >= 0.3 is 0 Å². The number of hydrogen-bond donors (Lipinski definition) is 1. The summed E-state index contributed by atoms with van der Waals surface area (Å²) in [5.41, 5.74) is 8.70.